The number of nitrogens with one attached hydrogen (secondary N) is 1. The Morgan fingerprint density at radius 1 is 0.950 bits per heavy atom. The van der Waals surface area contributed by atoms with Crippen LogP contribution in [-0.4, -0.2) is 36.6 Å². The van der Waals surface area contributed by atoms with Crippen LogP contribution >= 0.6 is 0 Å². The van der Waals surface area contributed by atoms with Crippen LogP contribution in [0.15, 0.2) is 0 Å². The maximum atomic E-state index is 3.54. The summed E-state index contributed by atoms with van der Waals surface area (Å²) in [6.07, 6.45) is 14.6. The lowest BCUT2D eigenvalue weighted by molar-refractivity contribution is 0.0195. The highest BCUT2D eigenvalue weighted by molar-refractivity contribution is 4.94. The van der Waals surface area contributed by atoms with E-state index in [0.717, 1.165) is 30.0 Å². The van der Waals surface area contributed by atoms with Crippen molar-refractivity contribution >= 4 is 0 Å². The zero-order valence-electron chi connectivity index (χ0n) is 13.6. The minimum atomic E-state index is 0.788. The van der Waals surface area contributed by atoms with Crippen LogP contribution in [0.2, 0.25) is 0 Å². The molecule has 4 atom stereocenters. The van der Waals surface area contributed by atoms with Gasteiger partial charge in [-0.05, 0) is 64.0 Å². The zero-order chi connectivity index (χ0) is 13.9. The lowest BCUT2D eigenvalue weighted by Gasteiger charge is -2.49. The summed E-state index contributed by atoms with van der Waals surface area (Å²) in [6.45, 7) is 3.85. The highest BCUT2D eigenvalue weighted by atomic mass is 15.2. The van der Waals surface area contributed by atoms with Crippen LogP contribution in [0.25, 0.3) is 0 Å². The Balaban J connectivity index is 1.52. The Hall–Kier alpha value is -0.0800. The monoisotopic (exact) mass is 278 g/mol. The molecule has 0 amide bonds. The maximum Gasteiger partial charge on any atom is 0.0113 e. The van der Waals surface area contributed by atoms with E-state index in [1.807, 2.05) is 0 Å². The summed E-state index contributed by atoms with van der Waals surface area (Å²) in [5, 5.41) is 3.54. The van der Waals surface area contributed by atoms with Crippen LogP contribution in [0.3, 0.4) is 0 Å². The molecule has 0 spiro atoms. The van der Waals surface area contributed by atoms with Crippen molar-refractivity contribution in [3.05, 3.63) is 0 Å². The minimum absolute atomic E-state index is 0.788. The van der Waals surface area contributed by atoms with Crippen molar-refractivity contribution in [2.24, 2.45) is 11.8 Å². The molecule has 2 heterocycles. The fourth-order valence-electron chi connectivity index (χ4n) is 5.23. The highest BCUT2D eigenvalue weighted by Crippen LogP contribution is 2.36. The van der Waals surface area contributed by atoms with Crippen LogP contribution in [-0.2, 0) is 0 Å². The van der Waals surface area contributed by atoms with Gasteiger partial charge in [0.2, 0.25) is 0 Å². The largest absolute Gasteiger partial charge is 0.317 e. The summed E-state index contributed by atoms with van der Waals surface area (Å²) in [6, 6.07) is 2.57. The maximum absolute atomic E-state index is 3.54. The van der Waals surface area contributed by atoms with Crippen molar-refractivity contribution in [3.8, 4) is 0 Å². The van der Waals surface area contributed by atoms with Gasteiger partial charge in [0, 0.05) is 18.1 Å². The molecule has 0 aromatic carbocycles. The summed E-state index contributed by atoms with van der Waals surface area (Å²) < 4.78 is 0. The fraction of sp³-hybridized carbons (Fsp3) is 1.00. The molecule has 2 saturated heterocycles. The molecule has 2 heteroatoms. The van der Waals surface area contributed by atoms with Crippen LogP contribution in [0, 0.1) is 11.8 Å². The van der Waals surface area contributed by atoms with E-state index in [1.165, 1.54) is 70.8 Å². The predicted molar refractivity (Wildman–Crippen MR) is 86.0 cm³/mol. The van der Waals surface area contributed by atoms with Gasteiger partial charge in [-0.2, -0.15) is 0 Å². The van der Waals surface area contributed by atoms with Gasteiger partial charge in [-0.3, -0.25) is 4.90 Å². The molecule has 20 heavy (non-hydrogen) atoms. The number of hydrogen-bond acceptors (Lipinski definition) is 2. The second-order valence-electron chi connectivity index (χ2n) is 7.86. The molecule has 3 fully saturated rings. The van der Waals surface area contributed by atoms with Crippen molar-refractivity contribution in [2.75, 3.05) is 13.6 Å². The molecule has 2 bridgehead atoms. The van der Waals surface area contributed by atoms with E-state index in [-0.39, 0.29) is 0 Å². The smallest absolute Gasteiger partial charge is 0.0113 e. The summed E-state index contributed by atoms with van der Waals surface area (Å²) in [4.78, 5) is 2.91. The standard InChI is InChI=1S/C18H34N2/c1-14-5-3-6-15(11-14)9-10-20-17-7-4-8-18(20)13-16(12-17)19-2/h14-19H,3-13H2,1-2H3. The number of nitrogens with zero attached hydrogens (tertiary/aromatic N) is 1. The van der Waals surface area contributed by atoms with E-state index in [9.17, 15) is 0 Å². The van der Waals surface area contributed by atoms with E-state index in [2.05, 4.69) is 24.2 Å². The van der Waals surface area contributed by atoms with Crippen molar-refractivity contribution in [3.63, 3.8) is 0 Å². The van der Waals surface area contributed by atoms with Gasteiger partial charge in [-0.1, -0.05) is 32.6 Å². The fourth-order valence-corrected chi connectivity index (χ4v) is 5.23. The van der Waals surface area contributed by atoms with Crippen molar-refractivity contribution < 1.29 is 0 Å². The van der Waals surface area contributed by atoms with E-state index in [0.29, 0.717) is 0 Å². The Bertz CT molecular complexity index is 290. The third-order valence-corrected chi connectivity index (χ3v) is 6.37. The Labute approximate surface area is 125 Å². The molecule has 3 aliphatic rings. The predicted octanol–water partition coefficient (Wildman–Crippen LogP) is 3.81. The summed E-state index contributed by atoms with van der Waals surface area (Å²) in [5.41, 5.74) is 0. The highest BCUT2D eigenvalue weighted by Gasteiger charge is 2.37. The molecule has 0 aromatic heterocycles. The van der Waals surface area contributed by atoms with E-state index < -0.39 is 0 Å². The third-order valence-electron chi connectivity index (χ3n) is 6.37. The molecule has 2 nitrogen and oxygen atoms in total. The van der Waals surface area contributed by atoms with Crippen LogP contribution in [0.5, 0.6) is 0 Å². The number of rotatable bonds is 4. The minimum Gasteiger partial charge on any atom is -0.317 e. The van der Waals surface area contributed by atoms with Crippen LogP contribution < -0.4 is 5.32 Å². The SMILES string of the molecule is CNC1CC2CCCC(C1)N2CCC1CCCC(C)C1. The quantitative estimate of drug-likeness (QED) is 0.841. The van der Waals surface area contributed by atoms with Crippen LogP contribution in [0.4, 0.5) is 0 Å². The van der Waals surface area contributed by atoms with Crippen molar-refractivity contribution in [2.45, 2.75) is 89.3 Å². The lowest BCUT2D eigenvalue weighted by Crippen LogP contribution is -2.56. The first-order valence-electron chi connectivity index (χ1n) is 9.19. The Morgan fingerprint density at radius 2 is 1.65 bits per heavy atom. The third kappa shape index (κ3) is 3.39. The van der Waals surface area contributed by atoms with Crippen molar-refractivity contribution in [1.82, 2.24) is 10.2 Å². The molecule has 2 aliphatic heterocycles. The summed E-state index contributed by atoms with van der Waals surface area (Å²) in [7, 11) is 2.15. The van der Waals surface area contributed by atoms with Gasteiger partial charge in [-0.15, -0.1) is 0 Å². The molecular weight excluding hydrogens is 244 g/mol. The molecule has 4 unspecified atom stereocenters. The number of piperidine rings is 2. The first kappa shape index (κ1) is 14.8. The number of fused-ring (bicyclic) bond motifs is 2. The first-order valence-corrected chi connectivity index (χ1v) is 9.19. The van der Waals surface area contributed by atoms with E-state index >= 15 is 0 Å². The molecule has 1 aliphatic carbocycles. The van der Waals surface area contributed by atoms with E-state index in [1.54, 1.807) is 0 Å². The first-order chi connectivity index (χ1) is 9.76. The van der Waals surface area contributed by atoms with Gasteiger partial charge < -0.3 is 5.32 Å². The van der Waals surface area contributed by atoms with Gasteiger partial charge in [0.25, 0.3) is 0 Å². The lowest BCUT2D eigenvalue weighted by atomic mass is 9.79. The van der Waals surface area contributed by atoms with Gasteiger partial charge >= 0.3 is 0 Å². The number of hydrogen-bond donors (Lipinski definition) is 1. The summed E-state index contributed by atoms with van der Waals surface area (Å²) in [5.74, 6) is 2.02. The molecule has 0 radical (unpaired) electrons. The molecule has 0 aromatic rings. The summed E-state index contributed by atoms with van der Waals surface area (Å²) >= 11 is 0. The van der Waals surface area contributed by atoms with Gasteiger partial charge in [0.1, 0.15) is 0 Å². The van der Waals surface area contributed by atoms with Gasteiger partial charge in [0.05, 0.1) is 0 Å². The average molecular weight is 278 g/mol. The second kappa shape index (κ2) is 6.79. The molecule has 3 rings (SSSR count). The molecular formula is C18H34N2. The topological polar surface area (TPSA) is 15.3 Å². The Kier molecular flexibility index (Phi) is 5.04. The van der Waals surface area contributed by atoms with Crippen LogP contribution in [0.1, 0.15) is 71.1 Å². The average Bonchev–Trinajstić information content (AvgIpc) is 2.44. The van der Waals surface area contributed by atoms with Gasteiger partial charge in [0.15, 0.2) is 0 Å². The van der Waals surface area contributed by atoms with Crippen molar-refractivity contribution in [1.29, 1.82) is 0 Å². The molecule has 1 N–H and O–H groups in total. The molecule has 116 valence electrons. The Morgan fingerprint density at radius 3 is 2.30 bits per heavy atom. The van der Waals surface area contributed by atoms with E-state index in [4.69, 9.17) is 0 Å². The van der Waals surface area contributed by atoms with Gasteiger partial charge in [-0.25, -0.2) is 0 Å². The normalized spacial score (nSPS) is 42.6. The zero-order valence-corrected chi connectivity index (χ0v) is 13.6. The molecule has 1 saturated carbocycles. The second-order valence-corrected chi connectivity index (χ2v) is 7.86.